The van der Waals surface area contributed by atoms with Crippen LogP contribution in [0.2, 0.25) is 0 Å². The minimum Gasteiger partial charge on any atom is -0.466 e. The highest BCUT2D eigenvalue weighted by molar-refractivity contribution is 5.76. The number of amides is 1. The minimum atomic E-state index is -0.682. The third kappa shape index (κ3) is 38.1. The lowest BCUT2D eigenvalue weighted by Crippen LogP contribution is -2.45. The molecule has 302 valence electrons. The van der Waals surface area contributed by atoms with Gasteiger partial charge in [-0.3, -0.25) is 9.59 Å². The highest BCUT2D eigenvalue weighted by Crippen LogP contribution is 2.15. The van der Waals surface area contributed by atoms with Crippen molar-refractivity contribution in [3.05, 3.63) is 12.2 Å². The first-order chi connectivity index (χ1) is 25.0. The molecule has 0 radical (unpaired) electrons. The standard InChI is InChI=1S/C45H87NO5/c1-3-5-7-9-11-13-15-16-18-23-27-31-35-39-45(50)51-40-36-32-28-24-20-19-22-26-30-34-38-44(49)46-42(41-47)43(48)37-33-29-25-21-17-14-12-10-8-6-4-2/h20,24,42-43,47-48H,3-19,21-23,25-41H2,1-2H3,(H,46,49)/b24-20-. The van der Waals surface area contributed by atoms with Crippen LogP contribution in [-0.2, 0) is 14.3 Å². The second kappa shape index (κ2) is 41.4. The van der Waals surface area contributed by atoms with Crippen molar-refractivity contribution in [1.29, 1.82) is 0 Å². The largest absolute Gasteiger partial charge is 0.466 e. The summed E-state index contributed by atoms with van der Waals surface area (Å²) in [4.78, 5) is 24.3. The van der Waals surface area contributed by atoms with E-state index in [9.17, 15) is 19.8 Å². The summed E-state index contributed by atoms with van der Waals surface area (Å²) in [5, 5.41) is 23.0. The van der Waals surface area contributed by atoms with E-state index in [0.717, 1.165) is 77.0 Å². The average molecular weight is 722 g/mol. The number of carbonyl (C=O) groups is 2. The van der Waals surface area contributed by atoms with Gasteiger partial charge in [0.05, 0.1) is 25.4 Å². The number of unbranched alkanes of at least 4 members (excludes halogenated alkanes) is 28. The summed E-state index contributed by atoms with van der Waals surface area (Å²) < 4.78 is 5.41. The second-order valence-electron chi connectivity index (χ2n) is 15.4. The van der Waals surface area contributed by atoms with Gasteiger partial charge in [0.25, 0.3) is 0 Å². The number of hydrogen-bond donors (Lipinski definition) is 3. The van der Waals surface area contributed by atoms with Gasteiger partial charge in [0.1, 0.15) is 0 Å². The fourth-order valence-corrected chi connectivity index (χ4v) is 6.81. The minimum absolute atomic E-state index is 0.0354. The van der Waals surface area contributed by atoms with Crippen molar-refractivity contribution >= 4 is 11.9 Å². The molecule has 0 aromatic carbocycles. The summed E-state index contributed by atoms with van der Waals surface area (Å²) in [5.41, 5.74) is 0. The number of allylic oxidation sites excluding steroid dienone is 2. The summed E-state index contributed by atoms with van der Waals surface area (Å²) in [6.45, 7) is 4.84. The van der Waals surface area contributed by atoms with E-state index in [1.54, 1.807) is 0 Å². The highest BCUT2D eigenvalue weighted by atomic mass is 16.5. The zero-order valence-electron chi connectivity index (χ0n) is 34.1. The second-order valence-corrected chi connectivity index (χ2v) is 15.4. The van der Waals surface area contributed by atoms with Gasteiger partial charge in [-0.2, -0.15) is 0 Å². The monoisotopic (exact) mass is 722 g/mol. The van der Waals surface area contributed by atoms with Crippen molar-refractivity contribution in [2.75, 3.05) is 13.2 Å². The van der Waals surface area contributed by atoms with Gasteiger partial charge in [-0.25, -0.2) is 0 Å². The molecule has 0 saturated heterocycles. The predicted octanol–water partition coefficient (Wildman–Crippen LogP) is 12.6. The van der Waals surface area contributed by atoms with Crippen molar-refractivity contribution in [3.63, 3.8) is 0 Å². The lowest BCUT2D eigenvalue weighted by Gasteiger charge is -2.22. The van der Waals surface area contributed by atoms with Gasteiger partial charge in [0, 0.05) is 12.8 Å². The summed E-state index contributed by atoms with van der Waals surface area (Å²) in [6, 6.07) is -0.563. The number of hydrogen-bond acceptors (Lipinski definition) is 5. The molecule has 0 aliphatic heterocycles. The molecule has 3 N–H and O–H groups in total. The van der Waals surface area contributed by atoms with Crippen LogP contribution in [0.4, 0.5) is 0 Å². The van der Waals surface area contributed by atoms with E-state index in [-0.39, 0.29) is 18.5 Å². The van der Waals surface area contributed by atoms with E-state index >= 15 is 0 Å². The van der Waals surface area contributed by atoms with E-state index in [1.165, 1.54) is 128 Å². The van der Waals surface area contributed by atoms with Crippen LogP contribution in [0.1, 0.15) is 239 Å². The van der Waals surface area contributed by atoms with Gasteiger partial charge in [0.2, 0.25) is 5.91 Å². The van der Waals surface area contributed by atoms with Crippen LogP contribution in [0.5, 0.6) is 0 Å². The van der Waals surface area contributed by atoms with Crippen LogP contribution in [0.3, 0.4) is 0 Å². The normalized spacial score (nSPS) is 12.8. The van der Waals surface area contributed by atoms with Crippen LogP contribution in [0.15, 0.2) is 12.2 Å². The predicted molar refractivity (Wildman–Crippen MR) is 218 cm³/mol. The maximum atomic E-state index is 12.4. The van der Waals surface area contributed by atoms with Crippen molar-refractivity contribution in [2.45, 2.75) is 251 Å². The summed E-state index contributed by atoms with van der Waals surface area (Å²) in [7, 11) is 0. The van der Waals surface area contributed by atoms with Gasteiger partial charge >= 0.3 is 5.97 Å². The van der Waals surface area contributed by atoms with Gasteiger partial charge < -0.3 is 20.3 Å². The molecular formula is C45H87NO5. The summed E-state index contributed by atoms with van der Waals surface area (Å²) in [5.74, 6) is -0.107. The molecular weight excluding hydrogens is 634 g/mol. The summed E-state index contributed by atoms with van der Waals surface area (Å²) in [6.07, 6.45) is 44.5. The van der Waals surface area contributed by atoms with E-state index in [4.69, 9.17) is 4.74 Å². The zero-order chi connectivity index (χ0) is 37.3. The smallest absolute Gasteiger partial charge is 0.305 e. The molecule has 1 amide bonds. The van der Waals surface area contributed by atoms with E-state index in [0.29, 0.717) is 25.9 Å². The van der Waals surface area contributed by atoms with Crippen molar-refractivity contribution in [1.82, 2.24) is 5.32 Å². The molecule has 0 spiro atoms. The number of rotatable bonds is 41. The van der Waals surface area contributed by atoms with Gasteiger partial charge in [-0.05, 0) is 51.4 Å². The number of ether oxygens (including phenoxy) is 1. The van der Waals surface area contributed by atoms with Crippen LogP contribution in [-0.4, -0.2) is 47.4 Å². The molecule has 6 heteroatoms. The summed E-state index contributed by atoms with van der Waals surface area (Å²) >= 11 is 0. The zero-order valence-corrected chi connectivity index (χ0v) is 34.1. The van der Waals surface area contributed by atoms with Crippen molar-refractivity contribution < 1.29 is 24.5 Å². The molecule has 0 rings (SSSR count). The molecule has 0 aliphatic carbocycles. The maximum Gasteiger partial charge on any atom is 0.305 e. The Balaban J connectivity index is 3.53. The Bertz CT molecular complexity index is 757. The quantitative estimate of drug-likeness (QED) is 0.0332. The topological polar surface area (TPSA) is 95.9 Å². The lowest BCUT2D eigenvalue weighted by molar-refractivity contribution is -0.143. The molecule has 0 bridgehead atoms. The number of aliphatic hydroxyl groups excluding tert-OH is 2. The van der Waals surface area contributed by atoms with Gasteiger partial charge in [0.15, 0.2) is 0 Å². The Labute approximate surface area is 317 Å². The Morgan fingerprint density at radius 2 is 0.922 bits per heavy atom. The Kier molecular flexibility index (Phi) is 40.2. The SMILES string of the molecule is CCCCCCCCCCCCCCCC(=O)OCCCC/C=C\CCCCCCC(=O)NC(CO)C(O)CCCCCCCCCCCCC. The third-order valence-electron chi connectivity index (χ3n) is 10.3. The Hall–Kier alpha value is -1.40. The van der Waals surface area contributed by atoms with Crippen molar-refractivity contribution in [2.24, 2.45) is 0 Å². The lowest BCUT2D eigenvalue weighted by atomic mass is 10.0. The first-order valence-corrected chi connectivity index (χ1v) is 22.4. The van der Waals surface area contributed by atoms with Gasteiger partial charge in [-0.1, -0.05) is 187 Å². The molecule has 0 saturated carbocycles. The number of carbonyl (C=O) groups excluding carboxylic acids is 2. The molecule has 2 unspecified atom stereocenters. The molecule has 6 nitrogen and oxygen atoms in total. The van der Waals surface area contributed by atoms with Crippen molar-refractivity contribution in [3.8, 4) is 0 Å². The Morgan fingerprint density at radius 3 is 1.39 bits per heavy atom. The van der Waals surface area contributed by atoms with Crippen LogP contribution in [0, 0.1) is 0 Å². The van der Waals surface area contributed by atoms with E-state index in [1.807, 2.05) is 0 Å². The first kappa shape index (κ1) is 49.6. The third-order valence-corrected chi connectivity index (χ3v) is 10.3. The van der Waals surface area contributed by atoms with Gasteiger partial charge in [-0.15, -0.1) is 0 Å². The molecule has 2 atom stereocenters. The first-order valence-electron chi connectivity index (χ1n) is 22.4. The number of esters is 1. The van der Waals surface area contributed by atoms with Crippen LogP contribution < -0.4 is 5.32 Å². The van der Waals surface area contributed by atoms with E-state index in [2.05, 4.69) is 31.3 Å². The number of aliphatic hydroxyl groups is 2. The van der Waals surface area contributed by atoms with Crippen LogP contribution >= 0.6 is 0 Å². The van der Waals surface area contributed by atoms with Crippen LogP contribution in [0.25, 0.3) is 0 Å². The fourth-order valence-electron chi connectivity index (χ4n) is 6.81. The van der Waals surface area contributed by atoms with E-state index < -0.39 is 12.1 Å². The highest BCUT2D eigenvalue weighted by Gasteiger charge is 2.20. The molecule has 0 aliphatic rings. The molecule has 0 aromatic rings. The molecule has 0 aromatic heterocycles. The molecule has 51 heavy (non-hydrogen) atoms. The fraction of sp³-hybridized carbons (Fsp3) is 0.911. The molecule has 0 fully saturated rings. The Morgan fingerprint density at radius 1 is 0.529 bits per heavy atom. The average Bonchev–Trinajstić information content (AvgIpc) is 3.13. The maximum absolute atomic E-state index is 12.4. The molecule has 0 heterocycles. The number of nitrogens with one attached hydrogen (secondary N) is 1.